The van der Waals surface area contributed by atoms with Crippen molar-refractivity contribution in [2.45, 2.75) is 0 Å². The summed E-state index contributed by atoms with van der Waals surface area (Å²) in [6, 6.07) is 19.1. The molecular weight excluding hydrogens is 350 g/mol. The van der Waals surface area contributed by atoms with Gasteiger partial charge in [0.2, 0.25) is 5.13 Å². The first-order valence-electron chi connectivity index (χ1n) is 7.75. The van der Waals surface area contributed by atoms with Crippen molar-refractivity contribution in [1.29, 1.82) is 0 Å². The summed E-state index contributed by atoms with van der Waals surface area (Å²) in [7, 11) is 0. The van der Waals surface area contributed by atoms with Crippen molar-refractivity contribution in [2.24, 2.45) is 10.2 Å². The van der Waals surface area contributed by atoms with Crippen molar-refractivity contribution in [1.82, 2.24) is 10.6 Å². The van der Waals surface area contributed by atoms with E-state index in [1.165, 1.54) is 22.5 Å². The van der Waals surface area contributed by atoms with Crippen molar-refractivity contribution in [3.8, 4) is 11.3 Å². The van der Waals surface area contributed by atoms with Gasteiger partial charge in [-0.3, -0.25) is 0 Å². The summed E-state index contributed by atoms with van der Waals surface area (Å²) in [5.41, 5.74) is 5.39. The number of benzene rings is 2. The molecule has 0 bridgehead atoms. The Balaban J connectivity index is 1.53. The summed E-state index contributed by atoms with van der Waals surface area (Å²) < 4.78 is 0. The molecular formula is C18H13N5O2S. The molecule has 0 atom stereocenters. The third kappa shape index (κ3) is 3.37. The van der Waals surface area contributed by atoms with Gasteiger partial charge in [0.05, 0.1) is 17.6 Å². The van der Waals surface area contributed by atoms with Crippen molar-refractivity contribution < 1.29 is 9.63 Å². The van der Waals surface area contributed by atoms with Crippen LogP contribution in [0.5, 0.6) is 0 Å². The van der Waals surface area contributed by atoms with Gasteiger partial charge in [-0.05, 0) is 12.1 Å². The van der Waals surface area contributed by atoms with Crippen molar-refractivity contribution >= 4 is 28.1 Å². The van der Waals surface area contributed by atoms with Crippen LogP contribution in [0.3, 0.4) is 0 Å². The van der Waals surface area contributed by atoms with Crippen LogP contribution in [0.4, 0.5) is 10.8 Å². The van der Waals surface area contributed by atoms with Crippen LogP contribution in [0, 0.1) is 0 Å². The van der Waals surface area contributed by atoms with E-state index < -0.39 is 5.97 Å². The van der Waals surface area contributed by atoms with Gasteiger partial charge in [-0.1, -0.05) is 54.1 Å². The minimum Gasteiger partial charge on any atom is -0.345 e. The molecule has 2 heterocycles. The molecule has 1 aromatic heterocycles. The van der Waals surface area contributed by atoms with Gasteiger partial charge in [0.15, 0.2) is 5.70 Å². The first-order chi connectivity index (χ1) is 12.8. The van der Waals surface area contributed by atoms with E-state index in [0.29, 0.717) is 5.13 Å². The molecule has 1 N–H and O–H groups in total. The zero-order chi connectivity index (χ0) is 17.8. The third-order valence-electron chi connectivity index (χ3n) is 3.58. The number of para-hydroxylation sites is 1. The zero-order valence-corrected chi connectivity index (χ0v) is 14.3. The van der Waals surface area contributed by atoms with Crippen molar-refractivity contribution in [3.63, 3.8) is 0 Å². The van der Waals surface area contributed by atoms with E-state index in [-0.39, 0.29) is 5.70 Å². The molecule has 0 unspecified atom stereocenters. The maximum absolute atomic E-state index is 11.9. The van der Waals surface area contributed by atoms with E-state index in [0.717, 1.165) is 16.9 Å². The molecule has 1 aliphatic rings. The number of thiazole rings is 1. The molecule has 7 nitrogen and oxygen atoms in total. The van der Waals surface area contributed by atoms with E-state index >= 15 is 0 Å². The number of hydrogen-bond donors (Lipinski definition) is 1. The van der Waals surface area contributed by atoms with Crippen LogP contribution in [0.2, 0.25) is 0 Å². The number of azo groups is 1. The molecule has 8 heteroatoms. The molecule has 0 amide bonds. The summed E-state index contributed by atoms with van der Waals surface area (Å²) in [4.78, 5) is 21.2. The molecule has 3 aromatic rings. The number of anilines is 1. The van der Waals surface area contributed by atoms with Crippen LogP contribution in [-0.2, 0) is 9.63 Å². The van der Waals surface area contributed by atoms with Gasteiger partial charge in [-0.2, -0.15) is 5.11 Å². The summed E-state index contributed by atoms with van der Waals surface area (Å²) in [6.45, 7) is 0. The van der Waals surface area contributed by atoms with Gasteiger partial charge >= 0.3 is 5.97 Å². The Hall–Kier alpha value is -3.36. The summed E-state index contributed by atoms with van der Waals surface area (Å²) in [5.74, 6) is -0.531. The maximum atomic E-state index is 11.9. The van der Waals surface area contributed by atoms with Crippen LogP contribution in [-0.4, -0.2) is 11.0 Å². The van der Waals surface area contributed by atoms with Gasteiger partial charge in [0, 0.05) is 10.9 Å². The topological polar surface area (TPSA) is 79.2 Å². The number of carbonyl (C=O) groups excluding carboxylic acids is 1. The van der Waals surface area contributed by atoms with Gasteiger partial charge in [-0.15, -0.1) is 16.5 Å². The molecule has 0 aliphatic carbocycles. The molecule has 4 rings (SSSR count). The Bertz CT molecular complexity index is 970. The Morgan fingerprint density at radius 3 is 2.58 bits per heavy atom. The lowest BCUT2D eigenvalue weighted by Gasteiger charge is -2.14. The maximum Gasteiger partial charge on any atom is 0.378 e. The average Bonchev–Trinajstić information content (AvgIpc) is 3.31. The lowest BCUT2D eigenvalue weighted by Crippen LogP contribution is -2.28. The zero-order valence-electron chi connectivity index (χ0n) is 13.4. The largest absolute Gasteiger partial charge is 0.378 e. The Kier molecular flexibility index (Phi) is 4.50. The first kappa shape index (κ1) is 16.1. The van der Waals surface area contributed by atoms with E-state index in [4.69, 9.17) is 4.84 Å². The molecule has 1 aliphatic heterocycles. The summed E-state index contributed by atoms with van der Waals surface area (Å²) >= 11 is 1.38. The van der Waals surface area contributed by atoms with E-state index in [9.17, 15) is 4.79 Å². The fourth-order valence-electron chi connectivity index (χ4n) is 2.34. The van der Waals surface area contributed by atoms with Crippen LogP contribution in [0.1, 0.15) is 0 Å². The second kappa shape index (κ2) is 7.26. The second-order valence-electron chi connectivity index (χ2n) is 5.26. The van der Waals surface area contributed by atoms with Gasteiger partial charge in [-0.25, -0.2) is 14.8 Å². The second-order valence-corrected chi connectivity index (χ2v) is 6.10. The average molecular weight is 363 g/mol. The number of hydrogen-bond acceptors (Lipinski definition) is 8. The van der Waals surface area contributed by atoms with Crippen LogP contribution < -0.4 is 10.6 Å². The minimum atomic E-state index is -0.531. The summed E-state index contributed by atoms with van der Waals surface area (Å²) in [5, 5.41) is 12.0. The number of hydrazine groups is 1. The van der Waals surface area contributed by atoms with Crippen LogP contribution >= 0.6 is 11.3 Å². The Morgan fingerprint density at radius 2 is 1.81 bits per heavy atom. The molecule has 0 radical (unpaired) electrons. The number of aromatic nitrogens is 1. The molecule has 128 valence electrons. The standard InChI is InChI=1S/C18H13N5O2S/c24-17-16(23(22-25-17)14-9-5-2-6-10-14)11-19-21-18-20-15(12-26-18)13-7-3-1-4-8-13/h1-12,22H/b16-11+,21-19?. The Morgan fingerprint density at radius 1 is 1.08 bits per heavy atom. The highest BCUT2D eigenvalue weighted by molar-refractivity contribution is 7.13. The lowest BCUT2D eigenvalue weighted by molar-refractivity contribution is -0.140. The molecule has 0 saturated carbocycles. The van der Waals surface area contributed by atoms with Gasteiger partial charge in [0.25, 0.3) is 0 Å². The van der Waals surface area contributed by atoms with Crippen LogP contribution in [0.25, 0.3) is 11.3 Å². The van der Waals surface area contributed by atoms with Crippen molar-refractivity contribution in [2.75, 3.05) is 5.01 Å². The quantitative estimate of drug-likeness (QED) is 0.555. The number of carbonyl (C=O) groups is 1. The molecule has 1 fully saturated rings. The fraction of sp³-hybridized carbons (Fsp3) is 0. The highest BCUT2D eigenvalue weighted by Crippen LogP contribution is 2.27. The molecule has 1 saturated heterocycles. The smallest absolute Gasteiger partial charge is 0.345 e. The number of nitrogens with one attached hydrogen (secondary N) is 1. The summed E-state index contributed by atoms with van der Waals surface area (Å²) in [6.07, 6.45) is 1.35. The van der Waals surface area contributed by atoms with Gasteiger partial charge < -0.3 is 4.84 Å². The predicted octanol–water partition coefficient (Wildman–Crippen LogP) is 4.22. The lowest BCUT2D eigenvalue weighted by atomic mass is 10.2. The minimum absolute atomic E-state index is 0.236. The fourth-order valence-corrected chi connectivity index (χ4v) is 2.99. The molecule has 2 aromatic carbocycles. The predicted molar refractivity (Wildman–Crippen MR) is 98.3 cm³/mol. The third-order valence-corrected chi connectivity index (χ3v) is 4.30. The normalized spacial score (nSPS) is 15.8. The first-order valence-corrected chi connectivity index (χ1v) is 8.63. The number of nitrogens with zero attached hydrogens (tertiary/aromatic N) is 4. The molecule has 26 heavy (non-hydrogen) atoms. The van der Waals surface area contributed by atoms with Crippen molar-refractivity contribution in [3.05, 3.63) is 77.9 Å². The van der Waals surface area contributed by atoms with E-state index in [1.54, 1.807) is 0 Å². The Labute approximate surface area is 153 Å². The SMILES string of the molecule is O=C1ONN(c2ccccc2)/C1=C/N=Nc1nc(-c2ccccc2)cs1. The number of rotatable bonds is 4. The highest BCUT2D eigenvalue weighted by Gasteiger charge is 2.29. The molecule has 0 spiro atoms. The highest BCUT2D eigenvalue weighted by atomic mass is 32.1. The monoisotopic (exact) mass is 363 g/mol. The van der Waals surface area contributed by atoms with E-state index in [1.807, 2.05) is 66.0 Å². The van der Waals surface area contributed by atoms with Gasteiger partial charge in [0.1, 0.15) is 0 Å². The van der Waals surface area contributed by atoms with E-state index in [2.05, 4.69) is 20.8 Å². The van der Waals surface area contributed by atoms with Crippen LogP contribution in [0.15, 0.2) is 88.2 Å².